The highest BCUT2D eigenvalue weighted by Gasteiger charge is 2.08. The van der Waals surface area contributed by atoms with Gasteiger partial charge in [0.2, 0.25) is 0 Å². The smallest absolute Gasteiger partial charge is 0.414 e. The predicted octanol–water partition coefficient (Wildman–Crippen LogP) is 3.49. The minimum absolute atomic E-state index is 0.847. The average Bonchev–Trinajstić information content (AvgIpc) is 2.86. The number of rotatable bonds is 6. The molecule has 2 rings (SSSR count). The van der Waals surface area contributed by atoms with E-state index in [1.807, 2.05) is 0 Å². The number of carboxylic acids is 2. The molecule has 1 fully saturated rings. The van der Waals surface area contributed by atoms with Crippen LogP contribution in [0.3, 0.4) is 0 Å². The number of carbonyl (C=O) groups is 2. The molecule has 2 N–H and O–H groups in total. The molecular weight excluding hydrogens is 334 g/mol. The van der Waals surface area contributed by atoms with E-state index in [0.29, 0.717) is 0 Å². The maximum absolute atomic E-state index is 9.10. The van der Waals surface area contributed by atoms with Gasteiger partial charge in [0, 0.05) is 0 Å². The topological polar surface area (TPSA) is 87.1 Å². The van der Waals surface area contributed by atoms with Gasteiger partial charge in [-0.3, -0.25) is 0 Å². The van der Waals surface area contributed by atoms with Crippen LogP contribution in [0.4, 0.5) is 0 Å². The first-order chi connectivity index (χ1) is 12.4. The lowest BCUT2D eigenvalue weighted by molar-refractivity contribution is -0.159. The molecule has 0 amide bonds. The second-order valence-corrected chi connectivity index (χ2v) is 6.64. The number of para-hydroxylation sites is 1. The van der Waals surface area contributed by atoms with E-state index in [2.05, 4.69) is 36.9 Å². The van der Waals surface area contributed by atoms with Crippen LogP contribution in [0.15, 0.2) is 18.2 Å². The molecule has 1 saturated heterocycles. The molecule has 26 heavy (non-hydrogen) atoms. The zero-order valence-electron chi connectivity index (χ0n) is 15.9. The monoisotopic (exact) mass is 365 g/mol. The molecular formula is C20H31NO5. The van der Waals surface area contributed by atoms with Gasteiger partial charge in [-0.25, -0.2) is 9.59 Å². The van der Waals surface area contributed by atoms with Crippen LogP contribution >= 0.6 is 0 Å². The summed E-state index contributed by atoms with van der Waals surface area (Å²) in [5.41, 5.74) is 2.50. The summed E-state index contributed by atoms with van der Waals surface area (Å²) in [6, 6.07) is 6.34. The van der Waals surface area contributed by atoms with E-state index in [4.69, 9.17) is 24.5 Å². The Morgan fingerprint density at radius 3 is 2.00 bits per heavy atom. The average molecular weight is 365 g/mol. The van der Waals surface area contributed by atoms with Crippen molar-refractivity contribution in [3.05, 3.63) is 29.3 Å². The number of aryl methyl sites for hydroxylation is 2. The molecule has 0 aromatic heterocycles. The molecule has 146 valence electrons. The van der Waals surface area contributed by atoms with Crippen LogP contribution in [0.1, 0.15) is 49.7 Å². The standard InChI is InChI=1S/C18H29NO.C2H2O4/c1-16-10-9-11-17(2)18(16)20-15-8-7-14-19-12-5-3-4-6-13-19;3-1(4)2(5)6/h9-11H,3-8,12-15H2,1-2H3;(H,3,4)(H,5,6). The largest absolute Gasteiger partial charge is 0.493 e. The number of unbranched alkanes of at least 4 members (excludes halogenated alkanes) is 1. The van der Waals surface area contributed by atoms with Gasteiger partial charge in [-0.05, 0) is 70.3 Å². The summed E-state index contributed by atoms with van der Waals surface area (Å²) in [6.45, 7) is 8.95. The molecule has 1 heterocycles. The van der Waals surface area contributed by atoms with Gasteiger partial charge in [0.1, 0.15) is 5.75 Å². The first kappa shape index (κ1) is 22.0. The van der Waals surface area contributed by atoms with Crippen molar-refractivity contribution in [3.63, 3.8) is 0 Å². The number of likely N-dealkylation sites (tertiary alicyclic amines) is 1. The van der Waals surface area contributed by atoms with Crippen molar-refractivity contribution in [1.82, 2.24) is 4.90 Å². The minimum atomic E-state index is -1.82. The highest BCUT2D eigenvalue weighted by molar-refractivity contribution is 6.27. The molecule has 1 aliphatic heterocycles. The van der Waals surface area contributed by atoms with E-state index >= 15 is 0 Å². The summed E-state index contributed by atoms with van der Waals surface area (Å²) in [5, 5.41) is 14.8. The van der Waals surface area contributed by atoms with E-state index in [9.17, 15) is 0 Å². The van der Waals surface area contributed by atoms with Gasteiger partial charge in [-0.15, -0.1) is 0 Å². The van der Waals surface area contributed by atoms with Gasteiger partial charge in [-0.2, -0.15) is 0 Å². The minimum Gasteiger partial charge on any atom is -0.493 e. The third kappa shape index (κ3) is 8.85. The number of hydrogen-bond acceptors (Lipinski definition) is 4. The molecule has 0 unspecified atom stereocenters. The first-order valence-electron chi connectivity index (χ1n) is 9.29. The summed E-state index contributed by atoms with van der Waals surface area (Å²) in [7, 11) is 0. The molecule has 1 aromatic rings. The van der Waals surface area contributed by atoms with Crippen LogP contribution in [-0.4, -0.2) is 53.3 Å². The van der Waals surface area contributed by atoms with Gasteiger partial charge in [0.25, 0.3) is 0 Å². The van der Waals surface area contributed by atoms with E-state index in [1.54, 1.807) is 0 Å². The number of hydrogen-bond donors (Lipinski definition) is 2. The van der Waals surface area contributed by atoms with Crippen LogP contribution in [0.2, 0.25) is 0 Å². The number of aliphatic carboxylic acids is 2. The van der Waals surface area contributed by atoms with E-state index < -0.39 is 11.9 Å². The number of nitrogens with zero attached hydrogens (tertiary/aromatic N) is 1. The van der Waals surface area contributed by atoms with Gasteiger partial charge >= 0.3 is 11.9 Å². The van der Waals surface area contributed by atoms with Crippen molar-refractivity contribution in [2.75, 3.05) is 26.2 Å². The Morgan fingerprint density at radius 1 is 0.962 bits per heavy atom. The van der Waals surface area contributed by atoms with Crippen LogP contribution < -0.4 is 4.74 Å². The molecule has 0 spiro atoms. The molecule has 1 aliphatic rings. The summed E-state index contributed by atoms with van der Waals surface area (Å²) in [5.74, 6) is -2.56. The molecule has 0 atom stereocenters. The second kappa shape index (κ2) is 12.3. The zero-order chi connectivity index (χ0) is 19.4. The summed E-state index contributed by atoms with van der Waals surface area (Å²) in [4.78, 5) is 20.8. The molecule has 6 nitrogen and oxygen atoms in total. The fourth-order valence-electron chi connectivity index (χ4n) is 3.00. The summed E-state index contributed by atoms with van der Waals surface area (Å²) >= 11 is 0. The van der Waals surface area contributed by atoms with Gasteiger partial charge in [0.15, 0.2) is 0 Å². The van der Waals surface area contributed by atoms with Gasteiger partial charge in [0.05, 0.1) is 6.61 Å². The molecule has 0 saturated carbocycles. The van der Waals surface area contributed by atoms with E-state index in [0.717, 1.165) is 18.8 Å². The Bertz CT molecular complexity index is 533. The lowest BCUT2D eigenvalue weighted by Crippen LogP contribution is -2.26. The van der Waals surface area contributed by atoms with Crippen molar-refractivity contribution in [1.29, 1.82) is 0 Å². The molecule has 0 aliphatic carbocycles. The predicted molar refractivity (Wildman–Crippen MR) is 101 cm³/mol. The van der Waals surface area contributed by atoms with Crippen molar-refractivity contribution in [2.45, 2.75) is 52.4 Å². The molecule has 6 heteroatoms. The third-order valence-electron chi connectivity index (χ3n) is 4.41. The third-order valence-corrected chi connectivity index (χ3v) is 4.41. The molecule has 1 aromatic carbocycles. The van der Waals surface area contributed by atoms with Crippen molar-refractivity contribution in [3.8, 4) is 5.75 Å². The Morgan fingerprint density at radius 2 is 1.50 bits per heavy atom. The number of benzene rings is 1. The Balaban J connectivity index is 0.000000487. The number of carboxylic acid groups (broad SMARTS) is 2. The van der Waals surface area contributed by atoms with Gasteiger partial charge < -0.3 is 19.8 Å². The van der Waals surface area contributed by atoms with Gasteiger partial charge in [-0.1, -0.05) is 31.0 Å². The summed E-state index contributed by atoms with van der Waals surface area (Å²) < 4.78 is 5.96. The lowest BCUT2D eigenvalue weighted by atomic mass is 10.1. The maximum Gasteiger partial charge on any atom is 0.414 e. The van der Waals surface area contributed by atoms with Crippen molar-refractivity contribution >= 4 is 11.9 Å². The SMILES string of the molecule is Cc1cccc(C)c1OCCCCN1CCCCCC1.O=C(O)C(=O)O. The first-order valence-corrected chi connectivity index (χ1v) is 9.29. The van der Waals surface area contributed by atoms with Crippen LogP contribution in [0.25, 0.3) is 0 Å². The van der Waals surface area contributed by atoms with Crippen molar-refractivity contribution < 1.29 is 24.5 Å². The fourth-order valence-corrected chi connectivity index (χ4v) is 3.00. The summed E-state index contributed by atoms with van der Waals surface area (Å²) in [6.07, 6.45) is 8.03. The Labute approximate surface area is 155 Å². The highest BCUT2D eigenvalue weighted by Crippen LogP contribution is 2.22. The zero-order valence-corrected chi connectivity index (χ0v) is 15.9. The number of ether oxygens (including phenoxy) is 1. The van der Waals surface area contributed by atoms with Crippen LogP contribution in [0.5, 0.6) is 5.75 Å². The molecule has 0 bridgehead atoms. The van der Waals surface area contributed by atoms with E-state index in [1.165, 1.54) is 62.9 Å². The van der Waals surface area contributed by atoms with Crippen molar-refractivity contribution in [2.24, 2.45) is 0 Å². The fraction of sp³-hybridized carbons (Fsp3) is 0.600. The highest BCUT2D eigenvalue weighted by atomic mass is 16.5. The lowest BCUT2D eigenvalue weighted by Gasteiger charge is -2.19. The molecule has 0 radical (unpaired) electrons. The maximum atomic E-state index is 9.10. The quantitative estimate of drug-likeness (QED) is 0.593. The second-order valence-electron chi connectivity index (χ2n) is 6.64. The Hall–Kier alpha value is -2.08. The van der Waals surface area contributed by atoms with E-state index in [-0.39, 0.29) is 0 Å². The van der Waals surface area contributed by atoms with Crippen LogP contribution in [0, 0.1) is 13.8 Å². The normalized spacial score (nSPS) is 14.7. The Kier molecular flexibility index (Phi) is 10.4. The van der Waals surface area contributed by atoms with Crippen LogP contribution in [-0.2, 0) is 9.59 Å².